The first-order valence-electron chi connectivity index (χ1n) is 8.95. The van der Waals surface area contributed by atoms with Crippen LogP contribution in [-0.4, -0.2) is 40.3 Å². The number of amides is 1. The predicted molar refractivity (Wildman–Crippen MR) is 117 cm³/mol. The Morgan fingerprint density at radius 2 is 1.93 bits per heavy atom. The highest BCUT2D eigenvalue weighted by atomic mass is 35.5. The van der Waals surface area contributed by atoms with Crippen LogP contribution in [0.25, 0.3) is 0 Å². The van der Waals surface area contributed by atoms with Gasteiger partial charge in [0.2, 0.25) is 5.91 Å². The third-order valence-corrected chi connectivity index (χ3v) is 4.40. The van der Waals surface area contributed by atoms with E-state index in [1.54, 1.807) is 13.4 Å². The quantitative estimate of drug-likeness (QED) is 0.640. The molecule has 1 unspecified atom stereocenters. The topological polar surface area (TPSA) is 82.2 Å². The molecule has 1 heterocycles. The second-order valence-electron chi connectivity index (χ2n) is 7.41. The Balaban J connectivity index is 0.00000364. The molecule has 2 rings (SSSR count). The molecule has 0 fully saturated rings. The van der Waals surface area contributed by atoms with E-state index >= 15 is 0 Å². The van der Waals surface area contributed by atoms with Crippen molar-refractivity contribution in [3.8, 4) is 0 Å². The maximum absolute atomic E-state index is 12.3. The molecular weight excluding hydrogens is 399 g/mol. The molecule has 0 aliphatic carbocycles. The summed E-state index contributed by atoms with van der Waals surface area (Å²) in [6, 6.07) is 9.53. The molecule has 8 heteroatoms. The number of hydrogen-bond acceptors (Lipinski definition) is 4. The van der Waals surface area contributed by atoms with E-state index in [1.165, 1.54) is 5.56 Å². The molecule has 2 atom stereocenters. The lowest BCUT2D eigenvalue weighted by molar-refractivity contribution is -0.123. The van der Waals surface area contributed by atoms with E-state index in [4.69, 9.17) is 10.5 Å². The Morgan fingerprint density at radius 3 is 2.54 bits per heavy atom. The molecule has 0 radical (unpaired) electrons. The van der Waals surface area contributed by atoms with Gasteiger partial charge in [0.25, 0.3) is 0 Å². The van der Waals surface area contributed by atoms with E-state index in [-0.39, 0.29) is 42.4 Å². The van der Waals surface area contributed by atoms with Gasteiger partial charge in [-0.15, -0.1) is 24.8 Å². The Labute approximate surface area is 180 Å². The third kappa shape index (κ3) is 8.61. The number of rotatable bonds is 9. The molecule has 6 nitrogen and oxygen atoms in total. The lowest BCUT2D eigenvalue weighted by atomic mass is 9.99. The second-order valence-corrected chi connectivity index (χ2v) is 7.41. The first-order valence-corrected chi connectivity index (χ1v) is 8.95. The SMILES string of the molecule is COC(C)(C)CC(C)NC(=O)[C@@H](N)Cc1cn(Cc2ccccc2)cn1.Cl.Cl. The number of nitrogens with two attached hydrogens (primary N) is 1. The van der Waals surface area contributed by atoms with Gasteiger partial charge in [-0.05, 0) is 32.8 Å². The fourth-order valence-corrected chi connectivity index (χ4v) is 2.93. The molecule has 0 saturated carbocycles. The van der Waals surface area contributed by atoms with Crippen LogP contribution in [0.3, 0.4) is 0 Å². The van der Waals surface area contributed by atoms with Gasteiger partial charge in [-0.2, -0.15) is 0 Å². The Morgan fingerprint density at radius 1 is 1.29 bits per heavy atom. The van der Waals surface area contributed by atoms with Crippen molar-refractivity contribution in [2.24, 2.45) is 5.73 Å². The van der Waals surface area contributed by atoms with Crippen LogP contribution < -0.4 is 11.1 Å². The lowest BCUT2D eigenvalue weighted by Crippen LogP contribution is -2.47. The minimum absolute atomic E-state index is 0. The van der Waals surface area contributed by atoms with Crippen molar-refractivity contribution in [1.29, 1.82) is 0 Å². The van der Waals surface area contributed by atoms with Crippen molar-refractivity contribution < 1.29 is 9.53 Å². The maximum Gasteiger partial charge on any atom is 0.237 e. The van der Waals surface area contributed by atoms with Gasteiger partial charge in [0.1, 0.15) is 0 Å². The van der Waals surface area contributed by atoms with Crippen LogP contribution in [0.1, 0.15) is 38.4 Å². The molecule has 3 N–H and O–H groups in total. The molecule has 0 saturated heterocycles. The lowest BCUT2D eigenvalue weighted by Gasteiger charge is -2.27. The van der Waals surface area contributed by atoms with Crippen molar-refractivity contribution in [1.82, 2.24) is 14.9 Å². The van der Waals surface area contributed by atoms with E-state index in [0.717, 1.165) is 12.2 Å². The second kappa shape index (κ2) is 12.1. The van der Waals surface area contributed by atoms with Crippen LogP contribution in [0.2, 0.25) is 0 Å². The first-order chi connectivity index (χ1) is 12.3. The number of benzene rings is 1. The number of nitrogens with zero attached hydrogens (tertiary/aromatic N) is 2. The van der Waals surface area contributed by atoms with Crippen LogP contribution in [0.15, 0.2) is 42.9 Å². The largest absolute Gasteiger partial charge is 0.379 e. The Hall–Kier alpha value is -1.60. The molecule has 2 aromatic rings. The van der Waals surface area contributed by atoms with Gasteiger partial charge in [-0.25, -0.2) is 4.98 Å². The fraction of sp³-hybridized carbons (Fsp3) is 0.500. The van der Waals surface area contributed by atoms with Gasteiger partial charge in [-0.1, -0.05) is 30.3 Å². The van der Waals surface area contributed by atoms with Crippen molar-refractivity contribution in [2.45, 2.75) is 57.8 Å². The van der Waals surface area contributed by atoms with Gasteiger partial charge in [0, 0.05) is 32.3 Å². The van der Waals surface area contributed by atoms with E-state index in [0.29, 0.717) is 12.8 Å². The molecule has 1 amide bonds. The molecular formula is C20H32Cl2N4O2. The highest BCUT2D eigenvalue weighted by Crippen LogP contribution is 2.15. The summed E-state index contributed by atoms with van der Waals surface area (Å²) >= 11 is 0. The predicted octanol–water partition coefficient (Wildman–Crippen LogP) is 2.96. The number of carbonyl (C=O) groups is 1. The summed E-state index contributed by atoms with van der Waals surface area (Å²) in [5, 5.41) is 2.96. The van der Waals surface area contributed by atoms with Gasteiger partial charge in [-0.3, -0.25) is 4.79 Å². The van der Waals surface area contributed by atoms with Crippen LogP contribution in [0.4, 0.5) is 0 Å². The molecule has 0 aliphatic rings. The number of ether oxygens (including phenoxy) is 1. The third-order valence-electron chi connectivity index (χ3n) is 4.40. The van der Waals surface area contributed by atoms with E-state index in [2.05, 4.69) is 22.4 Å². The zero-order chi connectivity index (χ0) is 19.2. The molecule has 0 aliphatic heterocycles. The minimum Gasteiger partial charge on any atom is -0.379 e. The van der Waals surface area contributed by atoms with Crippen LogP contribution in [0, 0.1) is 0 Å². The number of hydrogen-bond donors (Lipinski definition) is 2. The van der Waals surface area contributed by atoms with Crippen molar-refractivity contribution >= 4 is 30.7 Å². The standard InChI is InChI=1S/C20H30N4O2.2ClH/c1-15(11-20(2,3)26-4)23-19(25)18(21)10-17-13-24(14-22-17)12-16-8-6-5-7-9-16;;/h5-9,13-15,18H,10-12,21H2,1-4H3,(H,23,25);2*1H/t15?,18-;;/m0../s1. The number of carbonyl (C=O) groups excluding carboxylic acids is 1. The highest BCUT2D eigenvalue weighted by Gasteiger charge is 2.23. The molecule has 158 valence electrons. The summed E-state index contributed by atoms with van der Waals surface area (Å²) in [4.78, 5) is 16.7. The van der Waals surface area contributed by atoms with Crippen LogP contribution in [-0.2, 0) is 22.5 Å². The average molecular weight is 431 g/mol. The molecule has 0 bridgehead atoms. The number of halogens is 2. The van der Waals surface area contributed by atoms with Gasteiger partial charge < -0.3 is 20.4 Å². The number of nitrogens with one attached hydrogen (secondary N) is 1. The highest BCUT2D eigenvalue weighted by molar-refractivity contribution is 5.85. The van der Waals surface area contributed by atoms with Gasteiger partial charge in [0.15, 0.2) is 0 Å². The fourth-order valence-electron chi connectivity index (χ4n) is 2.93. The zero-order valence-electron chi connectivity index (χ0n) is 16.9. The summed E-state index contributed by atoms with van der Waals surface area (Å²) < 4.78 is 7.40. The Kier molecular flexibility index (Phi) is 11.4. The number of methoxy groups -OCH3 is 1. The average Bonchev–Trinajstić information content (AvgIpc) is 3.02. The van der Waals surface area contributed by atoms with Gasteiger partial charge in [0.05, 0.1) is 23.7 Å². The minimum atomic E-state index is -0.622. The van der Waals surface area contributed by atoms with Crippen molar-refractivity contribution in [3.63, 3.8) is 0 Å². The maximum atomic E-state index is 12.3. The Bertz CT molecular complexity index is 707. The van der Waals surface area contributed by atoms with E-state index in [9.17, 15) is 4.79 Å². The molecule has 28 heavy (non-hydrogen) atoms. The molecule has 0 spiro atoms. The number of imidazole rings is 1. The van der Waals surface area contributed by atoms with Crippen molar-refractivity contribution in [3.05, 3.63) is 54.1 Å². The summed E-state index contributed by atoms with van der Waals surface area (Å²) in [7, 11) is 1.67. The van der Waals surface area contributed by atoms with E-state index < -0.39 is 6.04 Å². The van der Waals surface area contributed by atoms with Gasteiger partial charge >= 0.3 is 0 Å². The normalized spacial score (nSPS) is 13.0. The zero-order valence-corrected chi connectivity index (χ0v) is 18.6. The smallest absolute Gasteiger partial charge is 0.237 e. The van der Waals surface area contributed by atoms with Crippen molar-refractivity contribution in [2.75, 3.05) is 7.11 Å². The monoisotopic (exact) mass is 430 g/mol. The summed E-state index contributed by atoms with van der Waals surface area (Å²) in [6.45, 7) is 6.70. The summed E-state index contributed by atoms with van der Waals surface area (Å²) in [5.74, 6) is -0.165. The summed E-state index contributed by atoms with van der Waals surface area (Å²) in [5.41, 5.74) is 7.79. The summed E-state index contributed by atoms with van der Waals surface area (Å²) in [6.07, 6.45) is 4.84. The first kappa shape index (κ1) is 26.4. The van der Waals surface area contributed by atoms with Crippen LogP contribution in [0.5, 0.6) is 0 Å². The molecule has 1 aromatic carbocycles. The number of aromatic nitrogens is 2. The van der Waals surface area contributed by atoms with Crippen LogP contribution >= 0.6 is 24.8 Å². The molecule has 1 aromatic heterocycles. The van der Waals surface area contributed by atoms with E-state index in [1.807, 2.05) is 49.7 Å².